The van der Waals surface area contributed by atoms with Gasteiger partial charge < -0.3 is 4.90 Å². The molecule has 2 aliphatic rings. The molecule has 1 heteroatoms. The van der Waals surface area contributed by atoms with Gasteiger partial charge in [0.1, 0.15) is 0 Å². The first-order valence-electron chi connectivity index (χ1n) is 12.5. The Morgan fingerprint density at radius 1 is 1.16 bits per heavy atom. The molecule has 0 N–H and O–H groups in total. The average molecular weight is 432 g/mol. The van der Waals surface area contributed by atoms with Crippen LogP contribution in [0.1, 0.15) is 85.6 Å². The van der Waals surface area contributed by atoms with Gasteiger partial charge in [-0.25, -0.2) is 0 Å². The molecule has 1 aliphatic heterocycles. The molecule has 1 aromatic carbocycles. The third-order valence-electron chi connectivity index (χ3n) is 6.02. The highest BCUT2D eigenvalue weighted by molar-refractivity contribution is 5.66. The molecule has 0 amide bonds. The lowest BCUT2D eigenvalue weighted by atomic mass is 9.75. The van der Waals surface area contributed by atoms with Crippen molar-refractivity contribution < 1.29 is 0 Å². The first kappa shape index (κ1) is 27.6. The monoisotopic (exact) mass is 431 g/mol. The zero-order valence-corrected chi connectivity index (χ0v) is 21.5. The fraction of sp³-hybridized carbons (Fsp3) is 0.484. The summed E-state index contributed by atoms with van der Waals surface area (Å²) in [7, 11) is 0. The summed E-state index contributed by atoms with van der Waals surface area (Å²) in [5.74, 6) is 0.502. The fourth-order valence-electron chi connectivity index (χ4n) is 4.50. The molecule has 0 fully saturated rings. The van der Waals surface area contributed by atoms with Crippen LogP contribution in [0.4, 0.5) is 5.69 Å². The number of allylic oxidation sites excluding steroid dienone is 6. The van der Waals surface area contributed by atoms with Gasteiger partial charge in [-0.2, -0.15) is 0 Å². The number of fused-ring (bicyclic) bond motifs is 1. The van der Waals surface area contributed by atoms with E-state index in [1.54, 1.807) is 5.56 Å². The zero-order valence-electron chi connectivity index (χ0n) is 21.5. The van der Waals surface area contributed by atoms with E-state index in [9.17, 15) is 0 Å². The van der Waals surface area contributed by atoms with Gasteiger partial charge in [-0.1, -0.05) is 103 Å². The zero-order chi connectivity index (χ0) is 24.0. The molecule has 174 valence electrons. The standard InChI is InChI=1S/C19H29N.C10H10.C2H6/c1-6-12-19(13-7-2)14-20(16(5)15(3)4)18-11-9-8-10-17(18)19;1-2-3-7-10-8-5-4-6-9-10;1-2/h8-11,15H,5-7,12-14H2,1-4H3;2,4-5,8H,1,3,7H2;1-2H3. The summed E-state index contributed by atoms with van der Waals surface area (Å²) in [5.41, 5.74) is 11.7. The predicted octanol–water partition coefficient (Wildman–Crippen LogP) is 9.30. The van der Waals surface area contributed by atoms with Crippen molar-refractivity contribution in [3.63, 3.8) is 0 Å². The van der Waals surface area contributed by atoms with Crippen molar-refractivity contribution in [3.8, 4) is 0 Å². The van der Waals surface area contributed by atoms with Crippen LogP contribution in [-0.2, 0) is 5.41 Å². The van der Waals surface area contributed by atoms with Crippen LogP contribution in [0.2, 0.25) is 0 Å². The minimum Gasteiger partial charge on any atom is -0.344 e. The number of anilines is 1. The second-order valence-corrected chi connectivity index (χ2v) is 8.68. The Morgan fingerprint density at radius 3 is 2.34 bits per heavy atom. The van der Waals surface area contributed by atoms with Crippen LogP contribution >= 0.6 is 0 Å². The smallest absolute Gasteiger partial charge is 0.0447 e. The molecule has 1 aliphatic carbocycles. The maximum atomic E-state index is 4.35. The van der Waals surface area contributed by atoms with Gasteiger partial charge in [0.25, 0.3) is 0 Å². The molecule has 0 unspecified atom stereocenters. The van der Waals surface area contributed by atoms with Gasteiger partial charge in [-0.3, -0.25) is 0 Å². The van der Waals surface area contributed by atoms with E-state index in [0.717, 1.165) is 19.4 Å². The largest absolute Gasteiger partial charge is 0.344 e. The number of hydrogen-bond donors (Lipinski definition) is 0. The molecule has 1 nitrogen and oxygen atoms in total. The van der Waals surface area contributed by atoms with Crippen molar-refractivity contribution in [1.29, 1.82) is 0 Å². The van der Waals surface area contributed by atoms with Crippen LogP contribution in [0.5, 0.6) is 0 Å². The average Bonchev–Trinajstić information content (AvgIpc) is 3.14. The lowest BCUT2D eigenvalue weighted by Gasteiger charge is -2.31. The number of nitrogens with zero attached hydrogens (tertiary/aromatic N) is 1. The molecule has 32 heavy (non-hydrogen) atoms. The Bertz CT molecular complexity index is 848. The third-order valence-corrected chi connectivity index (χ3v) is 6.02. The highest BCUT2D eigenvalue weighted by atomic mass is 15.2. The molecule has 0 aromatic heterocycles. The first-order chi connectivity index (χ1) is 15.5. The van der Waals surface area contributed by atoms with Gasteiger partial charge in [0.05, 0.1) is 0 Å². The summed E-state index contributed by atoms with van der Waals surface area (Å²) in [6.07, 6.45) is 14.9. The third kappa shape index (κ3) is 7.30. The quantitative estimate of drug-likeness (QED) is 0.278. The molecule has 0 saturated heterocycles. The van der Waals surface area contributed by atoms with E-state index >= 15 is 0 Å². The molecule has 0 radical (unpaired) electrons. The minimum atomic E-state index is 0.331. The normalized spacial score (nSPS) is 14.7. The maximum Gasteiger partial charge on any atom is 0.0447 e. The summed E-state index contributed by atoms with van der Waals surface area (Å²) in [6, 6.07) is 8.97. The van der Waals surface area contributed by atoms with Crippen LogP contribution in [0.15, 0.2) is 84.5 Å². The SMILES string of the molecule is C=C(C(C)C)N1CC(CCC)(CCC)c2ccccc21.C=CCCC1=C=C=CC=C1.CC. The summed E-state index contributed by atoms with van der Waals surface area (Å²) in [4.78, 5) is 2.48. The van der Waals surface area contributed by atoms with E-state index in [4.69, 9.17) is 0 Å². The van der Waals surface area contributed by atoms with Gasteiger partial charge in [0.2, 0.25) is 0 Å². The van der Waals surface area contributed by atoms with E-state index in [1.165, 1.54) is 42.6 Å². The van der Waals surface area contributed by atoms with E-state index in [-0.39, 0.29) is 0 Å². The highest BCUT2D eigenvalue weighted by Crippen LogP contribution is 2.48. The van der Waals surface area contributed by atoms with Gasteiger partial charge in [-0.05, 0) is 55.4 Å². The first-order valence-corrected chi connectivity index (χ1v) is 12.5. The molecule has 0 saturated carbocycles. The molecular formula is C31H45N. The molecule has 0 spiro atoms. The molecule has 3 rings (SSSR count). The summed E-state index contributed by atoms with van der Waals surface area (Å²) in [5, 5.41) is 0. The van der Waals surface area contributed by atoms with Crippen LogP contribution < -0.4 is 4.90 Å². The topological polar surface area (TPSA) is 3.24 Å². The minimum absolute atomic E-state index is 0.331. The second-order valence-electron chi connectivity index (χ2n) is 8.68. The van der Waals surface area contributed by atoms with Crippen LogP contribution in [-0.4, -0.2) is 6.54 Å². The van der Waals surface area contributed by atoms with Crippen molar-refractivity contribution in [2.45, 2.75) is 85.5 Å². The Kier molecular flexibility index (Phi) is 12.6. The lowest BCUT2D eigenvalue weighted by Crippen LogP contribution is -2.34. The summed E-state index contributed by atoms with van der Waals surface area (Å²) >= 11 is 0. The Hall–Kier alpha value is -2.46. The van der Waals surface area contributed by atoms with Crippen molar-refractivity contribution in [3.05, 3.63) is 90.0 Å². The molecule has 0 atom stereocenters. The summed E-state index contributed by atoms with van der Waals surface area (Å²) in [6.45, 7) is 22.2. The van der Waals surface area contributed by atoms with Crippen LogP contribution in [0.3, 0.4) is 0 Å². The van der Waals surface area contributed by atoms with Crippen molar-refractivity contribution in [2.75, 3.05) is 11.4 Å². The Balaban J connectivity index is 0.000000358. The Labute approximate surface area is 198 Å². The van der Waals surface area contributed by atoms with Gasteiger partial charge >= 0.3 is 0 Å². The summed E-state index contributed by atoms with van der Waals surface area (Å²) < 4.78 is 0. The van der Waals surface area contributed by atoms with Gasteiger partial charge in [0, 0.05) is 28.9 Å². The Morgan fingerprint density at radius 2 is 1.81 bits per heavy atom. The second kappa shape index (κ2) is 14.6. The molecule has 1 aromatic rings. The van der Waals surface area contributed by atoms with Gasteiger partial charge in [-0.15, -0.1) is 6.58 Å². The lowest BCUT2D eigenvalue weighted by molar-refractivity contribution is 0.379. The van der Waals surface area contributed by atoms with E-state index in [0.29, 0.717) is 11.3 Å². The maximum absolute atomic E-state index is 4.35. The molecular weight excluding hydrogens is 386 g/mol. The predicted molar refractivity (Wildman–Crippen MR) is 144 cm³/mol. The van der Waals surface area contributed by atoms with E-state index in [1.807, 2.05) is 32.1 Å². The molecule has 0 bridgehead atoms. The number of benzene rings is 1. The van der Waals surface area contributed by atoms with Crippen molar-refractivity contribution >= 4 is 5.69 Å². The van der Waals surface area contributed by atoms with E-state index in [2.05, 4.69) is 87.6 Å². The van der Waals surface area contributed by atoms with Crippen molar-refractivity contribution in [1.82, 2.24) is 0 Å². The van der Waals surface area contributed by atoms with Crippen LogP contribution in [0.25, 0.3) is 0 Å². The fourth-order valence-corrected chi connectivity index (χ4v) is 4.50. The van der Waals surface area contributed by atoms with Crippen molar-refractivity contribution in [2.24, 2.45) is 5.92 Å². The van der Waals surface area contributed by atoms with E-state index < -0.39 is 0 Å². The molecule has 1 heterocycles. The van der Waals surface area contributed by atoms with Gasteiger partial charge in [0.15, 0.2) is 0 Å². The highest BCUT2D eigenvalue weighted by Gasteiger charge is 2.41. The van der Waals surface area contributed by atoms with Crippen LogP contribution in [0, 0.1) is 5.92 Å². The number of rotatable bonds is 9. The number of hydrogen-bond acceptors (Lipinski definition) is 1. The number of para-hydroxylation sites is 1.